The van der Waals surface area contributed by atoms with Crippen LogP contribution in [0.15, 0.2) is 89.8 Å². The summed E-state index contributed by atoms with van der Waals surface area (Å²) in [5.74, 6) is -0.249. The molecule has 5 rings (SSSR count). The first-order chi connectivity index (χ1) is 17.9. The lowest BCUT2D eigenvalue weighted by atomic mass is 10.0. The summed E-state index contributed by atoms with van der Waals surface area (Å²) in [7, 11) is 1.47. The first-order valence-corrected chi connectivity index (χ1v) is 12.4. The summed E-state index contributed by atoms with van der Waals surface area (Å²) >= 11 is 0.901. The van der Waals surface area contributed by atoms with Crippen LogP contribution < -0.4 is 9.47 Å². The molecule has 0 aliphatic carbocycles. The van der Waals surface area contributed by atoms with E-state index in [2.05, 4.69) is 0 Å². The molecule has 4 aromatic rings. The molecule has 0 aromatic heterocycles. The molecule has 37 heavy (non-hydrogen) atoms. The van der Waals surface area contributed by atoms with Gasteiger partial charge in [-0.25, -0.2) is 4.79 Å². The number of thioether (sulfide) groups is 1. The fourth-order valence-electron chi connectivity index (χ4n) is 4.18. The molecular formula is C30H23NO5S. The van der Waals surface area contributed by atoms with Crippen LogP contribution in [0.1, 0.15) is 27.0 Å². The zero-order chi connectivity index (χ0) is 25.9. The van der Waals surface area contributed by atoms with Crippen LogP contribution in [0.3, 0.4) is 0 Å². The maximum absolute atomic E-state index is 13.1. The van der Waals surface area contributed by atoms with E-state index >= 15 is 0 Å². The molecule has 0 radical (unpaired) electrons. The lowest BCUT2D eigenvalue weighted by molar-refractivity contribution is -0.123. The van der Waals surface area contributed by atoms with Crippen LogP contribution in [0.25, 0.3) is 16.8 Å². The van der Waals surface area contributed by atoms with Gasteiger partial charge in [0.15, 0.2) is 11.5 Å². The quantitative estimate of drug-likeness (QED) is 0.165. The minimum atomic E-state index is -0.496. The minimum absolute atomic E-state index is 0.195. The molecule has 1 aliphatic rings. The Bertz CT molecular complexity index is 1570. The lowest BCUT2D eigenvalue weighted by Gasteiger charge is -2.14. The third-order valence-corrected chi connectivity index (χ3v) is 6.93. The number of amides is 2. The number of imide groups is 1. The maximum atomic E-state index is 13.1. The van der Waals surface area contributed by atoms with Crippen LogP contribution in [0.5, 0.6) is 11.5 Å². The first-order valence-electron chi connectivity index (χ1n) is 11.6. The Kier molecular flexibility index (Phi) is 6.79. The van der Waals surface area contributed by atoms with Crippen molar-refractivity contribution in [1.29, 1.82) is 0 Å². The minimum Gasteiger partial charge on any atom is -0.493 e. The second-order valence-electron chi connectivity index (χ2n) is 8.58. The number of aryl methyl sites for hydroxylation is 1. The Morgan fingerprint density at radius 1 is 0.919 bits per heavy atom. The van der Waals surface area contributed by atoms with E-state index in [0.29, 0.717) is 21.8 Å². The molecule has 184 valence electrons. The van der Waals surface area contributed by atoms with Crippen molar-refractivity contribution in [3.63, 3.8) is 0 Å². The first kappa shape index (κ1) is 24.3. The number of benzene rings is 4. The summed E-state index contributed by atoms with van der Waals surface area (Å²) in [5, 5.41) is 1.74. The smallest absolute Gasteiger partial charge is 0.343 e. The Morgan fingerprint density at radius 3 is 2.51 bits per heavy atom. The van der Waals surface area contributed by atoms with E-state index in [1.165, 1.54) is 12.0 Å². The largest absolute Gasteiger partial charge is 0.493 e. The molecule has 2 amide bonds. The molecule has 1 aliphatic heterocycles. The van der Waals surface area contributed by atoms with Gasteiger partial charge in [0, 0.05) is 0 Å². The summed E-state index contributed by atoms with van der Waals surface area (Å²) in [5.41, 5.74) is 2.93. The second-order valence-corrected chi connectivity index (χ2v) is 9.57. The fourth-order valence-corrected chi connectivity index (χ4v) is 5.02. The van der Waals surface area contributed by atoms with Gasteiger partial charge in [-0.3, -0.25) is 14.5 Å². The van der Waals surface area contributed by atoms with Crippen molar-refractivity contribution in [3.8, 4) is 11.5 Å². The number of methoxy groups -OCH3 is 1. The molecule has 0 bridgehead atoms. The van der Waals surface area contributed by atoms with Crippen molar-refractivity contribution in [2.75, 3.05) is 7.11 Å². The monoisotopic (exact) mass is 509 g/mol. The second kappa shape index (κ2) is 10.3. The molecule has 1 saturated heterocycles. The summed E-state index contributed by atoms with van der Waals surface area (Å²) in [6.45, 7) is 2.09. The SMILES string of the molecule is COc1cc(/C=C2\SC(=O)N(Cc3cccc4ccccc34)C2=O)ccc1OC(=O)c1cccc(C)c1. The number of hydrogen-bond donors (Lipinski definition) is 0. The standard InChI is InChI=1S/C30H23NO5S/c1-19-7-5-10-22(15-19)29(33)36-25-14-13-20(16-26(25)35-2)17-27-28(32)31(30(34)37-27)18-23-11-6-9-21-8-3-4-12-24(21)23/h3-17H,18H2,1-2H3/b27-17-. The highest BCUT2D eigenvalue weighted by atomic mass is 32.2. The molecule has 6 nitrogen and oxygen atoms in total. The van der Waals surface area contributed by atoms with Crippen LogP contribution in [-0.2, 0) is 11.3 Å². The molecule has 1 fully saturated rings. The van der Waals surface area contributed by atoms with Gasteiger partial charge in [-0.2, -0.15) is 0 Å². The fraction of sp³-hybridized carbons (Fsp3) is 0.100. The topological polar surface area (TPSA) is 72.9 Å². The molecular weight excluding hydrogens is 486 g/mol. The number of ether oxygens (including phenoxy) is 2. The van der Waals surface area contributed by atoms with Crippen molar-refractivity contribution >= 4 is 45.7 Å². The van der Waals surface area contributed by atoms with Crippen LogP contribution >= 0.6 is 11.8 Å². The number of carbonyl (C=O) groups is 3. The lowest BCUT2D eigenvalue weighted by Crippen LogP contribution is -2.27. The zero-order valence-electron chi connectivity index (χ0n) is 20.3. The highest BCUT2D eigenvalue weighted by Gasteiger charge is 2.35. The number of hydrogen-bond acceptors (Lipinski definition) is 6. The molecule has 4 aromatic carbocycles. The van der Waals surface area contributed by atoms with Gasteiger partial charge in [-0.05, 0) is 70.9 Å². The number of carbonyl (C=O) groups excluding carboxylic acids is 3. The number of rotatable bonds is 6. The Hall–Kier alpha value is -4.36. The summed E-state index contributed by atoms with van der Waals surface area (Å²) in [4.78, 5) is 40.0. The van der Waals surface area contributed by atoms with Gasteiger partial charge in [0.05, 0.1) is 24.1 Å². The van der Waals surface area contributed by atoms with E-state index in [4.69, 9.17) is 9.47 Å². The van der Waals surface area contributed by atoms with E-state index in [9.17, 15) is 14.4 Å². The average Bonchev–Trinajstić information content (AvgIpc) is 3.16. The van der Waals surface area contributed by atoms with Gasteiger partial charge in [-0.1, -0.05) is 66.2 Å². The maximum Gasteiger partial charge on any atom is 0.343 e. The van der Waals surface area contributed by atoms with Crippen molar-refractivity contribution in [3.05, 3.63) is 112 Å². The molecule has 0 unspecified atom stereocenters. The molecule has 0 N–H and O–H groups in total. The predicted octanol–water partition coefficient (Wildman–Crippen LogP) is 6.61. The molecule has 7 heteroatoms. The summed E-state index contributed by atoms with van der Waals surface area (Å²) < 4.78 is 11.0. The third kappa shape index (κ3) is 5.13. The number of esters is 1. The van der Waals surface area contributed by atoms with E-state index in [-0.39, 0.29) is 23.4 Å². The van der Waals surface area contributed by atoms with Crippen LogP contribution in [0.2, 0.25) is 0 Å². The van der Waals surface area contributed by atoms with Crippen LogP contribution in [-0.4, -0.2) is 29.1 Å². The van der Waals surface area contributed by atoms with Gasteiger partial charge in [0.25, 0.3) is 11.1 Å². The Balaban J connectivity index is 1.35. The normalized spacial score (nSPS) is 14.4. The summed E-state index contributed by atoms with van der Waals surface area (Å²) in [6.07, 6.45) is 1.64. The van der Waals surface area contributed by atoms with E-state index in [0.717, 1.165) is 33.7 Å². The third-order valence-electron chi connectivity index (χ3n) is 6.02. The van der Waals surface area contributed by atoms with Crippen LogP contribution in [0.4, 0.5) is 4.79 Å². The van der Waals surface area contributed by atoms with Gasteiger partial charge in [0.1, 0.15) is 0 Å². The van der Waals surface area contributed by atoms with Gasteiger partial charge in [-0.15, -0.1) is 0 Å². The predicted molar refractivity (Wildman–Crippen MR) is 145 cm³/mol. The highest BCUT2D eigenvalue weighted by Crippen LogP contribution is 2.36. The van der Waals surface area contributed by atoms with Gasteiger partial charge >= 0.3 is 5.97 Å². The number of nitrogens with zero attached hydrogens (tertiary/aromatic N) is 1. The number of fused-ring (bicyclic) bond motifs is 1. The zero-order valence-corrected chi connectivity index (χ0v) is 21.1. The Labute approximate surface area is 218 Å². The summed E-state index contributed by atoms with van der Waals surface area (Å²) in [6, 6.07) is 25.8. The average molecular weight is 510 g/mol. The van der Waals surface area contributed by atoms with E-state index in [1.54, 1.807) is 42.5 Å². The van der Waals surface area contributed by atoms with Crippen molar-refractivity contribution in [2.24, 2.45) is 0 Å². The van der Waals surface area contributed by atoms with Gasteiger partial charge in [0.2, 0.25) is 0 Å². The molecule has 0 atom stereocenters. The molecule has 0 spiro atoms. The molecule has 0 saturated carbocycles. The highest BCUT2D eigenvalue weighted by molar-refractivity contribution is 8.18. The van der Waals surface area contributed by atoms with Crippen molar-refractivity contribution < 1.29 is 23.9 Å². The molecule has 1 heterocycles. The van der Waals surface area contributed by atoms with Crippen molar-refractivity contribution in [1.82, 2.24) is 4.90 Å². The van der Waals surface area contributed by atoms with Crippen LogP contribution in [0, 0.1) is 6.92 Å². The Morgan fingerprint density at radius 2 is 1.70 bits per heavy atom. The van der Waals surface area contributed by atoms with Crippen molar-refractivity contribution in [2.45, 2.75) is 13.5 Å². The van der Waals surface area contributed by atoms with Gasteiger partial charge < -0.3 is 9.47 Å². The van der Waals surface area contributed by atoms with E-state index < -0.39 is 5.97 Å². The van der Waals surface area contributed by atoms with E-state index in [1.807, 2.05) is 55.5 Å².